The molecule has 0 aliphatic rings. The van der Waals surface area contributed by atoms with Gasteiger partial charge in [-0.2, -0.15) is 0 Å². The summed E-state index contributed by atoms with van der Waals surface area (Å²) in [6, 6.07) is 8.73. The number of ether oxygens (including phenoxy) is 2. The van der Waals surface area contributed by atoms with E-state index in [2.05, 4.69) is 4.98 Å². The largest absolute Gasteiger partial charge is 0.481 e. The van der Waals surface area contributed by atoms with Crippen molar-refractivity contribution in [3.05, 3.63) is 58.4 Å². The summed E-state index contributed by atoms with van der Waals surface area (Å²) in [4.78, 5) is 49.7. The normalized spacial score (nSPS) is 10.3. The lowest BCUT2D eigenvalue weighted by Crippen LogP contribution is -2.14. The Morgan fingerprint density at radius 1 is 0.964 bits per heavy atom. The van der Waals surface area contributed by atoms with Crippen molar-refractivity contribution >= 4 is 23.9 Å². The molecule has 148 valence electrons. The molecule has 28 heavy (non-hydrogen) atoms. The van der Waals surface area contributed by atoms with Crippen molar-refractivity contribution in [1.29, 1.82) is 0 Å². The van der Waals surface area contributed by atoms with Crippen LogP contribution in [0.25, 0.3) is 0 Å². The van der Waals surface area contributed by atoms with E-state index in [4.69, 9.17) is 14.6 Å². The van der Waals surface area contributed by atoms with Crippen LogP contribution in [0.4, 0.5) is 0 Å². The van der Waals surface area contributed by atoms with Gasteiger partial charge in [0.05, 0.1) is 12.2 Å². The molecule has 0 fully saturated rings. The first kappa shape index (κ1) is 20.7. The van der Waals surface area contributed by atoms with Crippen molar-refractivity contribution in [3.63, 3.8) is 0 Å². The van der Waals surface area contributed by atoms with E-state index in [9.17, 15) is 24.3 Å². The van der Waals surface area contributed by atoms with Crippen LogP contribution in [-0.2, 0) is 27.3 Å². The second-order valence-electron chi connectivity index (χ2n) is 5.71. The van der Waals surface area contributed by atoms with Gasteiger partial charge < -0.3 is 24.7 Å². The van der Waals surface area contributed by atoms with Crippen LogP contribution in [0.2, 0.25) is 0 Å². The number of carbonyl (C=O) groups excluding carboxylic acids is 2. The molecule has 1 heterocycles. The third-order valence-corrected chi connectivity index (χ3v) is 3.80. The molecular formula is C19H19NO8. The maximum atomic E-state index is 12.6. The molecular weight excluding hydrogens is 370 g/mol. The number of nitrogens with one attached hydrogen (secondary N) is 1. The molecule has 2 rings (SSSR count). The average molecular weight is 389 g/mol. The van der Waals surface area contributed by atoms with E-state index in [0.717, 1.165) is 0 Å². The van der Waals surface area contributed by atoms with Crippen molar-refractivity contribution in [1.82, 2.24) is 4.98 Å². The Bertz CT molecular complexity index is 885. The van der Waals surface area contributed by atoms with Gasteiger partial charge in [-0.15, -0.1) is 0 Å². The Labute approximate surface area is 159 Å². The zero-order valence-electron chi connectivity index (χ0n) is 15.1. The first-order valence-electron chi connectivity index (χ1n) is 8.43. The van der Waals surface area contributed by atoms with Gasteiger partial charge in [0.25, 0.3) is 0 Å². The van der Waals surface area contributed by atoms with E-state index in [-0.39, 0.29) is 36.5 Å². The van der Waals surface area contributed by atoms with Crippen molar-refractivity contribution < 1.29 is 38.9 Å². The lowest BCUT2D eigenvalue weighted by atomic mass is 10.0. The van der Waals surface area contributed by atoms with Crippen LogP contribution in [0.3, 0.4) is 0 Å². The highest BCUT2D eigenvalue weighted by Gasteiger charge is 2.31. The number of rotatable bonds is 9. The molecule has 1 aromatic carbocycles. The Balaban J connectivity index is 2.42. The monoisotopic (exact) mass is 389 g/mol. The van der Waals surface area contributed by atoms with Gasteiger partial charge in [0, 0.05) is 12.0 Å². The number of carboxylic acids is 2. The maximum Gasteiger partial charge on any atom is 0.355 e. The SMILES string of the molecule is CCOC(=O)c1[nH]c(C(=O)O)c(C(=O)OCc2ccccc2)c1CCC(=O)O. The van der Waals surface area contributed by atoms with Gasteiger partial charge in [0.2, 0.25) is 0 Å². The molecule has 1 aromatic heterocycles. The van der Waals surface area contributed by atoms with Gasteiger partial charge in [-0.05, 0) is 18.9 Å². The summed E-state index contributed by atoms with van der Waals surface area (Å²) in [6.07, 6.45) is -0.661. The van der Waals surface area contributed by atoms with Crippen LogP contribution in [-0.4, -0.2) is 45.7 Å². The molecule has 0 aliphatic heterocycles. The number of carboxylic acid groups (broad SMARTS) is 2. The molecule has 0 amide bonds. The van der Waals surface area contributed by atoms with Gasteiger partial charge in [0.1, 0.15) is 18.0 Å². The molecule has 0 aliphatic carbocycles. The number of aromatic nitrogens is 1. The summed E-state index contributed by atoms with van der Waals surface area (Å²) in [6.45, 7) is 1.47. The predicted octanol–water partition coefficient (Wildman–Crippen LogP) is 2.26. The molecule has 9 heteroatoms. The van der Waals surface area contributed by atoms with Crippen LogP contribution in [0.1, 0.15) is 55.8 Å². The molecule has 0 unspecified atom stereocenters. The number of carbonyl (C=O) groups is 4. The number of aromatic amines is 1. The highest BCUT2D eigenvalue weighted by molar-refractivity contribution is 6.06. The fourth-order valence-electron chi connectivity index (χ4n) is 2.58. The van der Waals surface area contributed by atoms with Crippen LogP contribution in [0.5, 0.6) is 0 Å². The lowest BCUT2D eigenvalue weighted by Gasteiger charge is -2.08. The fourth-order valence-corrected chi connectivity index (χ4v) is 2.58. The van der Waals surface area contributed by atoms with Gasteiger partial charge in [-0.25, -0.2) is 14.4 Å². The van der Waals surface area contributed by atoms with Gasteiger partial charge >= 0.3 is 23.9 Å². The van der Waals surface area contributed by atoms with E-state index in [1.807, 2.05) is 0 Å². The number of hydrogen-bond acceptors (Lipinski definition) is 6. The number of hydrogen-bond donors (Lipinski definition) is 3. The molecule has 0 bridgehead atoms. The van der Waals surface area contributed by atoms with E-state index < -0.39 is 36.0 Å². The minimum absolute atomic E-state index is 0.0203. The van der Waals surface area contributed by atoms with E-state index in [0.29, 0.717) is 5.56 Å². The number of H-pyrrole nitrogens is 1. The summed E-state index contributed by atoms with van der Waals surface area (Å²) in [5.41, 5.74) is -0.585. The minimum atomic E-state index is -1.49. The lowest BCUT2D eigenvalue weighted by molar-refractivity contribution is -0.136. The van der Waals surface area contributed by atoms with E-state index in [1.165, 1.54) is 0 Å². The van der Waals surface area contributed by atoms with Crippen LogP contribution in [0, 0.1) is 0 Å². The first-order chi connectivity index (χ1) is 13.3. The van der Waals surface area contributed by atoms with Gasteiger partial charge in [-0.1, -0.05) is 30.3 Å². The van der Waals surface area contributed by atoms with E-state index >= 15 is 0 Å². The van der Waals surface area contributed by atoms with Gasteiger partial charge in [0.15, 0.2) is 0 Å². The van der Waals surface area contributed by atoms with E-state index in [1.54, 1.807) is 37.3 Å². The van der Waals surface area contributed by atoms with Crippen LogP contribution in [0.15, 0.2) is 30.3 Å². The molecule has 0 saturated heterocycles. The van der Waals surface area contributed by atoms with Crippen molar-refractivity contribution in [2.24, 2.45) is 0 Å². The highest BCUT2D eigenvalue weighted by Crippen LogP contribution is 2.24. The summed E-state index contributed by atoms with van der Waals surface area (Å²) in [5, 5.41) is 18.4. The molecule has 9 nitrogen and oxygen atoms in total. The molecule has 3 N–H and O–H groups in total. The van der Waals surface area contributed by atoms with Crippen LogP contribution < -0.4 is 0 Å². The zero-order valence-corrected chi connectivity index (χ0v) is 15.1. The van der Waals surface area contributed by atoms with Crippen molar-refractivity contribution in [2.45, 2.75) is 26.4 Å². The molecule has 0 atom stereocenters. The molecule has 2 aromatic rings. The number of benzene rings is 1. The van der Waals surface area contributed by atoms with Crippen molar-refractivity contribution in [3.8, 4) is 0 Å². The summed E-state index contributed by atoms with van der Waals surface area (Å²) in [5.74, 6) is -4.52. The quantitative estimate of drug-likeness (QED) is 0.554. The standard InChI is InChI=1S/C19H19NO8/c1-2-27-19(26)15-12(8-9-13(21)22)14(16(20-15)17(23)24)18(25)28-10-11-6-4-3-5-7-11/h3-7,20H,2,8-10H2,1H3,(H,21,22)(H,23,24). The second-order valence-corrected chi connectivity index (χ2v) is 5.71. The highest BCUT2D eigenvalue weighted by atomic mass is 16.5. The number of aromatic carboxylic acids is 1. The smallest absolute Gasteiger partial charge is 0.355 e. The Morgan fingerprint density at radius 2 is 1.64 bits per heavy atom. The first-order valence-corrected chi connectivity index (χ1v) is 8.43. The topological polar surface area (TPSA) is 143 Å². The number of esters is 2. The predicted molar refractivity (Wildman–Crippen MR) is 95.2 cm³/mol. The Kier molecular flexibility index (Phi) is 6.91. The Hall–Kier alpha value is -3.62. The average Bonchev–Trinajstić information content (AvgIpc) is 3.05. The third-order valence-electron chi connectivity index (χ3n) is 3.80. The maximum absolute atomic E-state index is 12.6. The molecule has 0 spiro atoms. The number of aliphatic carboxylic acids is 1. The zero-order chi connectivity index (χ0) is 20.7. The van der Waals surface area contributed by atoms with Crippen molar-refractivity contribution in [2.75, 3.05) is 6.61 Å². The van der Waals surface area contributed by atoms with Crippen LogP contribution >= 0.6 is 0 Å². The summed E-state index contributed by atoms with van der Waals surface area (Å²) >= 11 is 0. The Morgan fingerprint density at radius 3 is 2.21 bits per heavy atom. The third kappa shape index (κ3) is 4.97. The molecule has 0 saturated carbocycles. The fraction of sp³-hybridized carbons (Fsp3) is 0.263. The minimum Gasteiger partial charge on any atom is -0.481 e. The summed E-state index contributed by atoms with van der Waals surface area (Å²) in [7, 11) is 0. The van der Waals surface area contributed by atoms with Gasteiger partial charge in [-0.3, -0.25) is 4.79 Å². The summed E-state index contributed by atoms with van der Waals surface area (Å²) < 4.78 is 10.1. The second kappa shape index (κ2) is 9.36. The molecule has 0 radical (unpaired) electrons.